The van der Waals surface area contributed by atoms with Gasteiger partial charge in [-0.25, -0.2) is 5.43 Å². The largest absolute Gasteiger partial charge is 0.507 e. The minimum absolute atomic E-state index is 0.0669. The number of rotatable bonds is 7. The zero-order valence-electron chi connectivity index (χ0n) is 16.6. The van der Waals surface area contributed by atoms with E-state index in [2.05, 4.69) is 15.8 Å². The molecule has 2 amide bonds. The molecule has 0 aliphatic carbocycles. The lowest BCUT2D eigenvalue weighted by Crippen LogP contribution is -2.32. The smallest absolute Gasteiger partial charge is 0.287 e. The van der Waals surface area contributed by atoms with Crippen molar-refractivity contribution in [2.24, 2.45) is 5.10 Å². The van der Waals surface area contributed by atoms with E-state index in [1.54, 1.807) is 48.5 Å². The van der Waals surface area contributed by atoms with Gasteiger partial charge in [0.2, 0.25) is 0 Å². The molecule has 3 aromatic rings. The van der Waals surface area contributed by atoms with E-state index in [-0.39, 0.29) is 17.1 Å². The molecule has 0 fully saturated rings. The van der Waals surface area contributed by atoms with Crippen molar-refractivity contribution in [1.82, 2.24) is 10.7 Å². The van der Waals surface area contributed by atoms with Crippen LogP contribution in [0.2, 0.25) is 0 Å². The van der Waals surface area contributed by atoms with Crippen molar-refractivity contribution in [1.29, 1.82) is 0 Å². The first-order chi connectivity index (χ1) is 15.4. The topological polar surface area (TPSA) is 134 Å². The lowest BCUT2D eigenvalue weighted by Gasteiger charge is -2.09. The molecule has 160 valence electrons. The summed E-state index contributed by atoms with van der Waals surface area (Å²) >= 11 is 0. The number of nitrogens with zero attached hydrogens (tertiary/aromatic N) is 2. The SMILES string of the molecule is O=C(NN=Cc1ccc([N+](=O)[O-])cc1)C(=Cc1ccccc1O)NC(=O)c1ccccc1. The highest BCUT2D eigenvalue weighted by atomic mass is 16.6. The van der Waals surface area contributed by atoms with Gasteiger partial charge in [-0.3, -0.25) is 19.7 Å². The maximum Gasteiger partial charge on any atom is 0.287 e. The second-order valence-electron chi connectivity index (χ2n) is 6.48. The molecule has 3 aromatic carbocycles. The Morgan fingerprint density at radius 2 is 1.59 bits per heavy atom. The Morgan fingerprint density at radius 3 is 2.25 bits per heavy atom. The number of phenolic OH excluding ortho intramolecular Hbond substituents is 1. The van der Waals surface area contributed by atoms with E-state index in [0.29, 0.717) is 16.7 Å². The van der Waals surface area contributed by atoms with Crippen LogP contribution in [0.4, 0.5) is 5.69 Å². The molecule has 0 atom stereocenters. The summed E-state index contributed by atoms with van der Waals surface area (Å²) in [5.41, 5.74) is 3.29. The van der Waals surface area contributed by atoms with Gasteiger partial charge in [0.05, 0.1) is 11.1 Å². The highest BCUT2D eigenvalue weighted by molar-refractivity contribution is 6.05. The molecule has 9 nitrogen and oxygen atoms in total. The van der Waals surface area contributed by atoms with E-state index < -0.39 is 16.7 Å². The van der Waals surface area contributed by atoms with Gasteiger partial charge in [-0.2, -0.15) is 5.10 Å². The lowest BCUT2D eigenvalue weighted by molar-refractivity contribution is -0.384. The van der Waals surface area contributed by atoms with Crippen molar-refractivity contribution < 1.29 is 19.6 Å². The van der Waals surface area contributed by atoms with Crippen LogP contribution in [0.5, 0.6) is 5.75 Å². The summed E-state index contributed by atoms with van der Waals surface area (Å²) in [4.78, 5) is 35.4. The molecular formula is C23H18N4O5. The number of non-ortho nitro benzene ring substituents is 1. The van der Waals surface area contributed by atoms with Crippen LogP contribution in [-0.4, -0.2) is 28.1 Å². The normalized spacial score (nSPS) is 11.2. The number of phenols is 1. The third-order valence-corrected chi connectivity index (χ3v) is 4.25. The maximum atomic E-state index is 12.7. The molecule has 0 saturated heterocycles. The molecule has 3 N–H and O–H groups in total. The number of hydrogen-bond donors (Lipinski definition) is 3. The molecule has 0 radical (unpaired) electrons. The molecule has 0 aliphatic rings. The van der Waals surface area contributed by atoms with Gasteiger partial charge in [0.15, 0.2) is 0 Å². The molecule has 0 unspecified atom stereocenters. The number of benzene rings is 3. The third kappa shape index (κ3) is 5.86. The van der Waals surface area contributed by atoms with E-state index >= 15 is 0 Å². The van der Waals surface area contributed by atoms with Crippen LogP contribution < -0.4 is 10.7 Å². The van der Waals surface area contributed by atoms with E-state index in [4.69, 9.17) is 0 Å². The second kappa shape index (κ2) is 10.3. The van der Waals surface area contributed by atoms with Gasteiger partial charge >= 0.3 is 0 Å². The fourth-order valence-corrected chi connectivity index (χ4v) is 2.62. The number of hydrogen-bond acceptors (Lipinski definition) is 6. The minimum Gasteiger partial charge on any atom is -0.507 e. The van der Waals surface area contributed by atoms with Gasteiger partial charge in [0.25, 0.3) is 17.5 Å². The van der Waals surface area contributed by atoms with Crippen molar-refractivity contribution >= 4 is 29.8 Å². The molecule has 9 heteroatoms. The summed E-state index contributed by atoms with van der Waals surface area (Å²) in [6, 6.07) is 20.2. The first-order valence-electron chi connectivity index (χ1n) is 9.38. The van der Waals surface area contributed by atoms with Gasteiger partial charge in [0.1, 0.15) is 11.4 Å². The molecule has 0 saturated carbocycles. The summed E-state index contributed by atoms with van der Waals surface area (Å²) in [7, 11) is 0. The van der Waals surface area contributed by atoms with E-state index in [1.165, 1.54) is 42.6 Å². The van der Waals surface area contributed by atoms with Crippen molar-refractivity contribution in [3.63, 3.8) is 0 Å². The summed E-state index contributed by atoms with van der Waals surface area (Å²) in [5, 5.41) is 27.1. The molecule has 0 heterocycles. The first kappa shape index (κ1) is 21.9. The fourth-order valence-electron chi connectivity index (χ4n) is 2.62. The number of nitrogens with one attached hydrogen (secondary N) is 2. The Hall–Kier alpha value is -4.79. The van der Waals surface area contributed by atoms with Crippen molar-refractivity contribution in [2.75, 3.05) is 0 Å². The predicted molar refractivity (Wildman–Crippen MR) is 119 cm³/mol. The van der Waals surface area contributed by atoms with Crippen LogP contribution >= 0.6 is 0 Å². The monoisotopic (exact) mass is 430 g/mol. The van der Waals surface area contributed by atoms with Crippen LogP contribution in [0.25, 0.3) is 6.08 Å². The van der Waals surface area contributed by atoms with Crippen LogP contribution in [-0.2, 0) is 4.79 Å². The predicted octanol–water partition coefficient (Wildman–Crippen LogP) is 3.22. The Kier molecular flexibility index (Phi) is 7.05. The maximum absolute atomic E-state index is 12.7. The van der Waals surface area contributed by atoms with E-state index in [1.807, 2.05) is 0 Å². The summed E-state index contributed by atoms with van der Waals surface area (Å²) in [6.45, 7) is 0. The highest BCUT2D eigenvalue weighted by Gasteiger charge is 2.15. The molecule has 32 heavy (non-hydrogen) atoms. The highest BCUT2D eigenvalue weighted by Crippen LogP contribution is 2.18. The third-order valence-electron chi connectivity index (χ3n) is 4.25. The number of para-hydroxylation sites is 1. The number of amides is 2. The van der Waals surface area contributed by atoms with Crippen LogP contribution in [0.3, 0.4) is 0 Å². The number of nitro benzene ring substituents is 1. The lowest BCUT2D eigenvalue weighted by atomic mass is 10.1. The average molecular weight is 430 g/mol. The standard InChI is InChI=1S/C23H18N4O5/c28-21-9-5-4-8-18(21)14-20(25-22(29)17-6-2-1-3-7-17)23(30)26-24-15-16-10-12-19(13-11-16)27(31)32/h1-15,28H,(H,25,29)(H,26,30). The minimum atomic E-state index is -0.726. The molecular weight excluding hydrogens is 412 g/mol. The van der Waals surface area contributed by atoms with Crippen molar-refractivity contribution in [3.05, 3.63) is 111 Å². The number of aromatic hydroxyl groups is 1. The summed E-state index contributed by atoms with van der Waals surface area (Å²) in [6.07, 6.45) is 2.63. The molecule has 0 bridgehead atoms. The van der Waals surface area contributed by atoms with E-state index in [9.17, 15) is 24.8 Å². The Balaban J connectivity index is 1.79. The number of nitro groups is 1. The van der Waals surface area contributed by atoms with Crippen LogP contribution in [0, 0.1) is 10.1 Å². The van der Waals surface area contributed by atoms with Gasteiger partial charge < -0.3 is 10.4 Å². The Labute approximate surface area is 182 Å². The van der Waals surface area contributed by atoms with Crippen LogP contribution in [0.15, 0.2) is 89.7 Å². The molecule has 3 rings (SSSR count). The molecule has 0 aliphatic heterocycles. The first-order valence-corrected chi connectivity index (χ1v) is 9.38. The fraction of sp³-hybridized carbons (Fsp3) is 0. The quantitative estimate of drug-likeness (QED) is 0.229. The zero-order valence-corrected chi connectivity index (χ0v) is 16.6. The summed E-state index contributed by atoms with van der Waals surface area (Å²) < 4.78 is 0. The number of hydrazone groups is 1. The van der Waals surface area contributed by atoms with Crippen molar-refractivity contribution in [3.8, 4) is 5.75 Å². The number of carbonyl (C=O) groups is 2. The average Bonchev–Trinajstić information content (AvgIpc) is 2.80. The molecule has 0 spiro atoms. The zero-order chi connectivity index (χ0) is 22.9. The Bertz CT molecular complexity index is 1190. The van der Waals surface area contributed by atoms with Gasteiger partial charge in [-0.15, -0.1) is 0 Å². The summed E-state index contributed by atoms with van der Waals surface area (Å²) in [5.74, 6) is -1.31. The van der Waals surface area contributed by atoms with Gasteiger partial charge in [-0.05, 0) is 42.0 Å². The van der Waals surface area contributed by atoms with E-state index in [0.717, 1.165) is 0 Å². The van der Waals surface area contributed by atoms with Gasteiger partial charge in [0, 0.05) is 23.3 Å². The molecule has 0 aromatic heterocycles. The van der Waals surface area contributed by atoms with Crippen LogP contribution in [0.1, 0.15) is 21.5 Å². The van der Waals surface area contributed by atoms with Gasteiger partial charge in [-0.1, -0.05) is 36.4 Å². The Morgan fingerprint density at radius 1 is 0.938 bits per heavy atom. The van der Waals surface area contributed by atoms with Crippen molar-refractivity contribution in [2.45, 2.75) is 0 Å². The number of carbonyl (C=O) groups excluding carboxylic acids is 2. The second-order valence-corrected chi connectivity index (χ2v) is 6.48.